The summed E-state index contributed by atoms with van der Waals surface area (Å²) in [4.78, 5) is 15.1. The van der Waals surface area contributed by atoms with Crippen molar-refractivity contribution in [2.45, 2.75) is 44.2 Å². The van der Waals surface area contributed by atoms with Gasteiger partial charge in [0.1, 0.15) is 11.9 Å². The standard InChI is InChI=1S/C26H32N2O4/c1-30-17-31-22-6-2-4-19(15-22)20-8-9-23-21(14-20)5-3-7-24(23)27-26(29)32-25-16-28-12-10-18(25)11-13-28/h2,4,6,8-9,14-15,18,24-25H,3,5,7,10-13,16-17H2,1H3,(H,27,29)/t24?,25-/m0/s1. The number of methoxy groups -OCH3 is 1. The summed E-state index contributed by atoms with van der Waals surface area (Å²) in [7, 11) is 1.62. The van der Waals surface area contributed by atoms with E-state index < -0.39 is 0 Å². The number of nitrogens with zero attached hydrogens (tertiary/aromatic N) is 1. The molecule has 0 spiro atoms. The molecule has 6 heteroatoms. The molecule has 3 heterocycles. The highest BCUT2D eigenvalue weighted by Crippen LogP contribution is 2.34. The van der Waals surface area contributed by atoms with Gasteiger partial charge in [-0.25, -0.2) is 4.79 Å². The van der Waals surface area contributed by atoms with Crippen LogP contribution >= 0.6 is 0 Å². The molecule has 1 unspecified atom stereocenters. The quantitative estimate of drug-likeness (QED) is 0.674. The van der Waals surface area contributed by atoms with E-state index in [1.807, 2.05) is 18.2 Å². The molecule has 6 rings (SSSR count). The van der Waals surface area contributed by atoms with Gasteiger partial charge in [0.15, 0.2) is 6.79 Å². The Morgan fingerprint density at radius 2 is 1.94 bits per heavy atom. The fourth-order valence-electron chi connectivity index (χ4n) is 5.39. The van der Waals surface area contributed by atoms with Crippen molar-refractivity contribution in [2.75, 3.05) is 33.5 Å². The maximum Gasteiger partial charge on any atom is 0.407 e. The van der Waals surface area contributed by atoms with Crippen LogP contribution in [0.25, 0.3) is 11.1 Å². The lowest BCUT2D eigenvalue weighted by molar-refractivity contribution is -0.0340. The van der Waals surface area contributed by atoms with Crippen LogP contribution in [0.2, 0.25) is 0 Å². The molecule has 2 aromatic carbocycles. The first-order chi connectivity index (χ1) is 15.7. The van der Waals surface area contributed by atoms with Gasteiger partial charge in [-0.15, -0.1) is 0 Å². The number of rotatable bonds is 6. The molecule has 32 heavy (non-hydrogen) atoms. The molecule has 2 aromatic rings. The number of carbonyl (C=O) groups is 1. The zero-order valence-electron chi connectivity index (χ0n) is 18.7. The third kappa shape index (κ3) is 4.62. The van der Waals surface area contributed by atoms with Crippen molar-refractivity contribution in [1.82, 2.24) is 10.2 Å². The van der Waals surface area contributed by atoms with Gasteiger partial charge in [0.05, 0.1) is 6.04 Å². The summed E-state index contributed by atoms with van der Waals surface area (Å²) < 4.78 is 16.5. The third-order valence-corrected chi connectivity index (χ3v) is 7.11. The Labute approximate surface area is 189 Å². The van der Waals surface area contributed by atoms with Gasteiger partial charge in [0.25, 0.3) is 0 Å². The predicted molar refractivity (Wildman–Crippen MR) is 123 cm³/mol. The van der Waals surface area contributed by atoms with Crippen LogP contribution in [0.4, 0.5) is 4.79 Å². The van der Waals surface area contributed by atoms with Crippen LogP contribution in [-0.4, -0.2) is 50.6 Å². The highest BCUT2D eigenvalue weighted by Gasteiger charge is 2.37. The highest BCUT2D eigenvalue weighted by molar-refractivity contribution is 5.70. The van der Waals surface area contributed by atoms with Gasteiger partial charge in [-0.1, -0.05) is 30.3 Å². The number of carbonyl (C=O) groups excluding carboxylic acids is 1. The van der Waals surface area contributed by atoms with Crippen molar-refractivity contribution in [2.24, 2.45) is 5.92 Å². The zero-order valence-corrected chi connectivity index (χ0v) is 18.7. The maximum absolute atomic E-state index is 12.7. The summed E-state index contributed by atoms with van der Waals surface area (Å²) in [6.45, 7) is 3.41. The Hall–Kier alpha value is -2.57. The van der Waals surface area contributed by atoms with Gasteiger partial charge < -0.3 is 19.5 Å². The monoisotopic (exact) mass is 436 g/mol. The van der Waals surface area contributed by atoms with Crippen molar-refractivity contribution in [3.05, 3.63) is 53.6 Å². The van der Waals surface area contributed by atoms with Crippen molar-refractivity contribution in [3.63, 3.8) is 0 Å². The maximum atomic E-state index is 12.7. The second kappa shape index (κ2) is 9.51. The van der Waals surface area contributed by atoms with Gasteiger partial charge in [-0.2, -0.15) is 0 Å². The van der Waals surface area contributed by atoms with Crippen LogP contribution in [0.3, 0.4) is 0 Å². The lowest BCUT2D eigenvalue weighted by atomic mass is 9.85. The van der Waals surface area contributed by atoms with E-state index in [2.05, 4.69) is 34.5 Å². The second-order valence-electron chi connectivity index (χ2n) is 9.16. The normalized spacial score (nSPS) is 26.3. The molecule has 2 bridgehead atoms. The lowest BCUT2D eigenvalue weighted by Crippen LogP contribution is -2.52. The average molecular weight is 437 g/mol. The van der Waals surface area contributed by atoms with Crippen molar-refractivity contribution in [1.29, 1.82) is 0 Å². The summed E-state index contributed by atoms with van der Waals surface area (Å²) in [5, 5.41) is 3.16. The minimum atomic E-state index is -0.270. The average Bonchev–Trinajstić information content (AvgIpc) is 2.83. The highest BCUT2D eigenvalue weighted by atomic mass is 16.7. The van der Waals surface area contributed by atoms with E-state index in [1.54, 1.807) is 7.11 Å². The molecule has 0 aromatic heterocycles. The summed E-state index contributed by atoms with van der Waals surface area (Å²) in [5.74, 6) is 1.31. The Bertz CT molecular complexity index is 955. The smallest absolute Gasteiger partial charge is 0.407 e. The number of amides is 1. The Balaban J connectivity index is 1.26. The number of benzene rings is 2. The molecule has 1 aliphatic carbocycles. The molecule has 1 N–H and O–H groups in total. The first kappa shape index (κ1) is 21.3. The molecule has 2 atom stereocenters. The first-order valence-corrected chi connectivity index (χ1v) is 11.7. The van der Waals surface area contributed by atoms with Gasteiger partial charge in [-0.05, 0) is 85.5 Å². The Morgan fingerprint density at radius 3 is 2.72 bits per heavy atom. The first-order valence-electron chi connectivity index (χ1n) is 11.7. The zero-order chi connectivity index (χ0) is 21.9. The fraction of sp³-hybridized carbons (Fsp3) is 0.500. The van der Waals surface area contributed by atoms with Crippen LogP contribution in [0.1, 0.15) is 42.9 Å². The molecular weight excluding hydrogens is 404 g/mol. The van der Waals surface area contributed by atoms with Gasteiger partial charge in [0, 0.05) is 13.7 Å². The lowest BCUT2D eigenvalue weighted by Gasteiger charge is -2.44. The number of aryl methyl sites for hydroxylation is 1. The fourth-order valence-corrected chi connectivity index (χ4v) is 5.39. The molecule has 4 aliphatic rings. The Kier molecular flexibility index (Phi) is 6.32. The summed E-state index contributed by atoms with van der Waals surface area (Å²) >= 11 is 0. The number of alkyl carbamates (subject to hydrolysis) is 1. The van der Waals surface area contributed by atoms with Crippen LogP contribution in [0.5, 0.6) is 5.75 Å². The number of ether oxygens (including phenoxy) is 3. The number of piperidine rings is 3. The number of fused-ring (bicyclic) bond motifs is 4. The van der Waals surface area contributed by atoms with Crippen molar-refractivity contribution >= 4 is 6.09 Å². The van der Waals surface area contributed by atoms with Gasteiger partial charge >= 0.3 is 6.09 Å². The predicted octanol–water partition coefficient (Wildman–Crippen LogP) is 4.53. The van der Waals surface area contributed by atoms with Crippen LogP contribution in [0.15, 0.2) is 42.5 Å². The van der Waals surface area contributed by atoms with E-state index in [0.29, 0.717) is 5.92 Å². The molecule has 0 radical (unpaired) electrons. The minimum absolute atomic E-state index is 0.0118. The SMILES string of the molecule is COCOc1cccc(-c2ccc3c(c2)CCCC3NC(=O)O[C@H]2CN3CCC2CC3)c1. The molecule has 3 fully saturated rings. The van der Waals surface area contributed by atoms with Crippen LogP contribution in [0, 0.1) is 5.92 Å². The molecule has 3 aliphatic heterocycles. The number of nitrogens with one attached hydrogen (secondary N) is 1. The minimum Gasteiger partial charge on any atom is -0.468 e. The van der Waals surface area contributed by atoms with Crippen LogP contribution < -0.4 is 10.1 Å². The topological polar surface area (TPSA) is 60.0 Å². The summed E-state index contributed by atoms with van der Waals surface area (Å²) in [6.07, 6.45) is 5.08. The number of hydrogen-bond acceptors (Lipinski definition) is 5. The van der Waals surface area contributed by atoms with Crippen molar-refractivity contribution < 1.29 is 19.0 Å². The van der Waals surface area contributed by atoms with E-state index in [4.69, 9.17) is 14.2 Å². The van der Waals surface area contributed by atoms with Gasteiger partial charge in [0.2, 0.25) is 0 Å². The molecule has 0 saturated carbocycles. The largest absolute Gasteiger partial charge is 0.468 e. The summed E-state index contributed by atoms with van der Waals surface area (Å²) in [5.41, 5.74) is 4.77. The van der Waals surface area contributed by atoms with E-state index >= 15 is 0 Å². The van der Waals surface area contributed by atoms with Crippen molar-refractivity contribution in [3.8, 4) is 16.9 Å². The summed E-state index contributed by atoms with van der Waals surface area (Å²) in [6, 6.07) is 14.6. The molecule has 1 amide bonds. The molecule has 3 saturated heterocycles. The van der Waals surface area contributed by atoms with Gasteiger partial charge in [-0.3, -0.25) is 4.90 Å². The van der Waals surface area contributed by atoms with E-state index in [9.17, 15) is 4.79 Å². The number of hydrogen-bond donors (Lipinski definition) is 1. The third-order valence-electron chi connectivity index (χ3n) is 7.11. The van der Waals surface area contributed by atoms with E-state index in [0.717, 1.165) is 68.6 Å². The van der Waals surface area contributed by atoms with E-state index in [1.165, 1.54) is 11.1 Å². The second-order valence-corrected chi connectivity index (χ2v) is 9.16. The molecular formula is C26H32N2O4. The molecule has 6 nitrogen and oxygen atoms in total. The Morgan fingerprint density at radius 1 is 1.09 bits per heavy atom. The van der Waals surface area contributed by atoms with Crippen LogP contribution in [-0.2, 0) is 15.9 Å². The molecule has 170 valence electrons. The van der Waals surface area contributed by atoms with E-state index in [-0.39, 0.29) is 25.0 Å².